The van der Waals surface area contributed by atoms with Gasteiger partial charge in [0.05, 0.1) is 12.8 Å². The molecule has 1 atom stereocenters. The number of para-hydroxylation sites is 1. The Labute approximate surface area is 196 Å². The van der Waals surface area contributed by atoms with Crippen LogP contribution < -0.4 is 4.90 Å². The summed E-state index contributed by atoms with van der Waals surface area (Å²) >= 11 is 0. The fourth-order valence-electron chi connectivity index (χ4n) is 4.67. The number of hydrogen-bond donors (Lipinski definition) is 1. The van der Waals surface area contributed by atoms with Gasteiger partial charge < -0.3 is 19.0 Å². The average molecular weight is 453 g/mol. The second-order valence-corrected chi connectivity index (χ2v) is 9.03. The molecule has 0 radical (unpaired) electrons. The third-order valence-corrected chi connectivity index (χ3v) is 6.65. The minimum Gasteiger partial charge on any atom is -0.420 e. The predicted octanol–water partition coefficient (Wildman–Crippen LogP) is 4.55. The van der Waals surface area contributed by atoms with Gasteiger partial charge in [-0.1, -0.05) is 38.0 Å². The molecule has 1 saturated heterocycles. The van der Waals surface area contributed by atoms with Crippen LogP contribution in [0.25, 0.3) is 10.9 Å². The number of nitrogens with zero attached hydrogens (tertiary/aromatic N) is 3. The number of ether oxygens (including phenoxy) is 1. The number of aromatic amines is 1. The van der Waals surface area contributed by atoms with E-state index in [-0.39, 0.29) is 11.7 Å². The van der Waals surface area contributed by atoms with Gasteiger partial charge in [0.2, 0.25) is 0 Å². The fraction of sp³-hybridized carbons (Fsp3) is 0.538. The molecule has 1 aliphatic rings. The Hall–Kier alpha value is -2.64. The van der Waals surface area contributed by atoms with Gasteiger partial charge in [0.1, 0.15) is 0 Å². The number of carbonyl (C=O) groups excluding carboxylic acids is 1. The highest BCUT2D eigenvalue weighted by molar-refractivity contribution is 5.93. The molecule has 4 rings (SSSR count). The van der Waals surface area contributed by atoms with Gasteiger partial charge in [0.25, 0.3) is 6.01 Å². The number of unbranched alkanes of at least 4 members (excludes halogenated alkanes) is 1. The van der Waals surface area contributed by atoms with E-state index in [9.17, 15) is 4.79 Å². The molecule has 33 heavy (non-hydrogen) atoms. The summed E-state index contributed by atoms with van der Waals surface area (Å²) < 4.78 is 11.1. The highest BCUT2D eigenvalue weighted by Gasteiger charge is 2.24. The Morgan fingerprint density at radius 3 is 2.85 bits per heavy atom. The minimum atomic E-state index is 0.0495. The largest absolute Gasteiger partial charge is 0.420 e. The molecule has 1 aliphatic heterocycles. The molecule has 0 aliphatic carbocycles. The highest BCUT2D eigenvalue weighted by Crippen LogP contribution is 2.27. The van der Waals surface area contributed by atoms with E-state index in [0.717, 1.165) is 70.5 Å². The predicted molar refractivity (Wildman–Crippen MR) is 131 cm³/mol. The fourth-order valence-corrected chi connectivity index (χ4v) is 4.67. The van der Waals surface area contributed by atoms with Crippen molar-refractivity contribution in [1.29, 1.82) is 0 Å². The van der Waals surface area contributed by atoms with Crippen LogP contribution in [0, 0.1) is 5.92 Å². The van der Waals surface area contributed by atoms with Gasteiger partial charge >= 0.3 is 0 Å². The number of hydrogen-bond acceptors (Lipinski definition) is 6. The zero-order valence-electron chi connectivity index (χ0n) is 19.9. The molecule has 1 aromatic carbocycles. The van der Waals surface area contributed by atoms with Crippen LogP contribution in [0.1, 0.15) is 48.7 Å². The van der Waals surface area contributed by atoms with E-state index in [0.29, 0.717) is 18.2 Å². The lowest BCUT2D eigenvalue weighted by Crippen LogP contribution is -2.47. The summed E-state index contributed by atoms with van der Waals surface area (Å²) in [5.74, 6) is 0.718. The number of benzene rings is 1. The first-order valence-electron chi connectivity index (χ1n) is 12.2. The summed E-state index contributed by atoms with van der Waals surface area (Å²) in [5, 5.41) is 1.25. The molecular weight excluding hydrogens is 416 g/mol. The van der Waals surface area contributed by atoms with Gasteiger partial charge in [-0.25, -0.2) is 4.98 Å². The third kappa shape index (κ3) is 6.03. The molecule has 0 spiro atoms. The molecule has 7 heteroatoms. The number of fused-ring (bicyclic) bond motifs is 1. The first-order chi connectivity index (χ1) is 16.2. The summed E-state index contributed by atoms with van der Waals surface area (Å²) in [4.78, 5) is 25.4. The molecular formula is C26H36N4O3. The van der Waals surface area contributed by atoms with Gasteiger partial charge in [-0.05, 0) is 30.4 Å². The van der Waals surface area contributed by atoms with Gasteiger partial charge in [0, 0.05) is 63.4 Å². The number of H-pyrrole nitrogens is 1. The number of oxazole rings is 1. The maximum Gasteiger partial charge on any atom is 0.297 e. The van der Waals surface area contributed by atoms with Crippen molar-refractivity contribution in [3.8, 4) is 0 Å². The number of methoxy groups -OCH3 is 1. The lowest BCUT2D eigenvalue weighted by atomic mass is 9.89. The number of Topliss-reactive ketones (excluding diaryl/α,β-unsaturated/α-hetero) is 1. The van der Waals surface area contributed by atoms with Crippen LogP contribution in [0.4, 0.5) is 6.01 Å². The third-order valence-electron chi connectivity index (χ3n) is 6.65. The number of carbonyl (C=O) groups is 1. The Kier molecular flexibility index (Phi) is 8.18. The van der Waals surface area contributed by atoms with Gasteiger partial charge in [-0.15, -0.1) is 0 Å². The molecule has 3 aromatic rings. The van der Waals surface area contributed by atoms with E-state index in [2.05, 4.69) is 51.1 Å². The normalized spacial score (nSPS) is 15.9. The molecule has 178 valence electrons. The number of ketones is 1. The summed E-state index contributed by atoms with van der Waals surface area (Å²) in [6.45, 7) is 7.46. The summed E-state index contributed by atoms with van der Waals surface area (Å²) in [7, 11) is 1.73. The molecule has 0 amide bonds. The molecule has 1 fully saturated rings. The zero-order chi connectivity index (χ0) is 23.0. The van der Waals surface area contributed by atoms with E-state index in [4.69, 9.17) is 9.15 Å². The molecule has 2 aromatic heterocycles. The summed E-state index contributed by atoms with van der Waals surface area (Å²) in [6, 6.07) is 8.92. The van der Waals surface area contributed by atoms with Crippen LogP contribution in [0.5, 0.6) is 0 Å². The molecule has 0 saturated carbocycles. The van der Waals surface area contributed by atoms with Crippen LogP contribution >= 0.6 is 0 Å². The molecule has 3 heterocycles. The molecule has 7 nitrogen and oxygen atoms in total. The van der Waals surface area contributed by atoms with Crippen molar-refractivity contribution >= 4 is 22.7 Å². The van der Waals surface area contributed by atoms with Gasteiger partial charge in [-0.2, -0.15) is 0 Å². The minimum absolute atomic E-state index is 0.0495. The quantitative estimate of drug-likeness (QED) is 0.407. The maximum absolute atomic E-state index is 13.1. The molecule has 0 bridgehead atoms. The van der Waals surface area contributed by atoms with Gasteiger partial charge in [0.15, 0.2) is 11.5 Å². The van der Waals surface area contributed by atoms with Crippen LogP contribution in [-0.2, 0) is 11.2 Å². The zero-order valence-corrected chi connectivity index (χ0v) is 19.9. The van der Waals surface area contributed by atoms with E-state index in [1.54, 1.807) is 13.3 Å². The number of anilines is 1. The van der Waals surface area contributed by atoms with Crippen molar-refractivity contribution in [2.24, 2.45) is 5.92 Å². The number of piperazine rings is 1. The first-order valence-corrected chi connectivity index (χ1v) is 12.2. The first kappa shape index (κ1) is 23.5. The Bertz CT molecular complexity index is 1020. The van der Waals surface area contributed by atoms with Crippen molar-refractivity contribution in [1.82, 2.24) is 14.9 Å². The van der Waals surface area contributed by atoms with E-state index in [1.807, 2.05) is 6.07 Å². The van der Waals surface area contributed by atoms with E-state index < -0.39 is 0 Å². The maximum atomic E-state index is 13.1. The van der Waals surface area contributed by atoms with Crippen molar-refractivity contribution < 1.29 is 13.9 Å². The number of nitrogens with one attached hydrogen (secondary N) is 1. The van der Waals surface area contributed by atoms with Crippen LogP contribution in [0.2, 0.25) is 0 Å². The van der Waals surface area contributed by atoms with Crippen LogP contribution in [0.3, 0.4) is 0 Å². The monoisotopic (exact) mass is 452 g/mol. The molecule has 1 unspecified atom stereocenters. The molecule has 1 N–H and O–H groups in total. The summed E-state index contributed by atoms with van der Waals surface area (Å²) in [6.07, 6.45) is 8.35. The van der Waals surface area contributed by atoms with Gasteiger partial charge in [-0.3, -0.25) is 9.69 Å². The Balaban J connectivity index is 1.37. The summed E-state index contributed by atoms with van der Waals surface area (Å²) in [5.41, 5.74) is 2.43. The SMILES string of the molecule is CCCCC(CC(=O)c1cnc(N2CCN(CCOC)CC2)o1)Cc1c[nH]c2ccccc12. The van der Waals surface area contributed by atoms with Crippen molar-refractivity contribution in [3.63, 3.8) is 0 Å². The Morgan fingerprint density at radius 2 is 2.06 bits per heavy atom. The van der Waals surface area contributed by atoms with E-state index >= 15 is 0 Å². The smallest absolute Gasteiger partial charge is 0.297 e. The highest BCUT2D eigenvalue weighted by atomic mass is 16.5. The lowest BCUT2D eigenvalue weighted by molar-refractivity contribution is 0.0931. The van der Waals surface area contributed by atoms with E-state index in [1.165, 1.54) is 10.9 Å². The number of aromatic nitrogens is 2. The second-order valence-electron chi connectivity index (χ2n) is 9.03. The lowest BCUT2D eigenvalue weighted by Gasteiger charge is -2.33. The van der Waals surface area contributed by atoms with Crippen LogP contribution in [-0.4, -0.2) is 67.1 Å². The second kappa shape index (κ2) is 11.5. The standard InChI is InChI=1S/C26H36N4O3/c1-3-4-7-20(16-21-18-27-23-9-6-5-8-22(21)23)17-24(31)25-19-28-26(33-25)30-12-10-29(11-13-30)14-15-32-2/h5-6,8-9,18-20,27H,3-4,7,10-17H2,1-2H3. The Morgan fingerprint density at radius 1 is 1.24 bits per heavy atom. The average Bonchev–Trinajstić information content (AvgIpc) is 3.50. The number of rotatable bonds is 12. The van der Waals surface area contributed by atoms with Crippen molar-refractivity contribution in [3.05, 3.63) is 48.0 Å². The van der Waals surface area contributed by atoms with Crippen molar-refractivity contribution in [2.75, 3.05) is 51.3 Å². The van der Waals surface area contributed by atoms with Crippen molar-refractivity contribution in [2.45, 2.75) is 39.0 Å². The van der Waals surface area contributed by atoms with Crippen LogP contribution in [0.15, 0.2) is 41.1 Å². The topological polar surface area (TPSA) is 74.6 Å².